The van der Waals surface area contributed by atoms with Gasteiger partial charge in [-0.1, -0.05) is 29.8 Å². The minimum atomic E-state index is -4.57. The van der Waals surface area contributed by atoms with Crippen LogP contribution in [0, 0.1) is 0 Å². The summed E-state index contributed by atoms with van der Waals surface area (Å²) in [5.74, 6) is -2.12. The number of carbonyl (C=O) groups is 1. The molecule has 2 aromatic rings. The van der Waals surface area contributed by atoms with E-state index < -0.39 is 29.8 Å². The molecule has 23 heavy (non-hydrogen) atoms. The molecule has 1 heterocycles. The van der Waals surface area contributed by atoms with E-state index in [-0.39, 0.29) is 5.56 Å². The first-order chi connectivity index (χ1) is 10.7. The Hall–Kier alpha value is -2.12. The predicted molar refractivity (Wildman–Crippen MR) is 78.1 cm³/mol. The monoisotopic (exact) mass is 344 g/mol. The Kier molecular flexibility index (Phi) is 4.91. The summed E-state index contributed by atoms with van der Waals surface area (Å²) in [5, 5.41) is 9.61. The largest absolute Gasteiger partial charge is 0.480 e. The molecule has 1 aromatic carbocycles. The number of benzene rings is 1. The number of nitrogens with two attached hydrogens (primary N) is 1. The molecule has 0 aliphatic heterocycles. The highest BCUT2D eigenvalue weighted by atomic mass is 35.5. The Morgan fingerprint density at radius 3 is 2.13 bits per heavy atom. The first kappa shape index (κ1) is 17.2. The quantitative estimate of drug-likeness (QED) is 0.892. The molecule has 0 amide bonds. The number of nitrogens with zero attached hydrogens (tertiary/aromatic N) is 1. The van der Waals surface area contributed by atoms with Crippen molar-refractivity contribution >= 4 is 17.6 Å². The van der Waals surface area contributed by atoms with Crippen LogP contribution in [-0.2, 0) is 11.0 Å². The van der Waals surface area contributed by atoms with Gasteiger partial charge in [0.25, 0.3) is 0 Å². The van der Waals surface area contributed by atoms with E-state index in [0.29, 0.717) is 10.6 Å². The van der Waals surface area contributed by atoms with Crippen LogP contribution in [0.1, 0.15) is 22.7 Å². The molecule has 3 N–H and O–H groups in total. The first-order valence-corrected chi connectivity index (χ1v) is 6.85. The van der Waals surface area contributed by atoms with Gasteiger partial charge in [-0.05, 0) is 29.3 Å². The zero-order valence-electron chi connectivity index (χ0n) is 11.6. The SMILES string of the molecule is N[C@H](C(=O)O)[C@@H](c1ccc(Cl)cc1)c1ccc(C(F)(F)F)nc1. The van der Waals surface area contributed by atoms with Crippen molar-refractivity contribution < 1.29 is 23.1 Å². The Balaban J connectivity index is 2.45. The summed E-state index contributed by atoms with van der Waals surface area (Å²) in [6, 6.07) is 6.90. The molecule has 0 spiro atoms. The highest BCUT2D eigenvalue weighted by Gasteiger charge is 2.33. The highest BCUT2D eigenvalue weighted by Crippen LogP contribution is 2.31. The number of aromatic nitrogens is 1. The number of alkyl halides is 3. The summed E-state index contributed by atoms with van der Waals surface area (Å²) < 4.78 is 37.7. The van der Waals surface area contributed by atoms with Crippen molar-refractivity contribution in [2.45, 2.75) is 18.1 Å². The van der Waals surface area contributed by atoms with Gasteiger partial charge in [0.15, 0.2) is 0 Å². The van der Waals surface area contributed by atoms with Crippen molar-refractivity contribution in [1.29, 1.82) is 0 Å². The van der Waals surface area contributed by atoms with Crippen LogP contribution in [0.3, 0.4) is 0 Å². The molecule has 0 unspecified atom stereocenters. The van der Waals surface area contributed by atoms with Gasteiger partial charge in [-0.2, -0.15) is 13.2 Å². The average Bonchev–Trinajstić information content (AvgIpc) is 2.49. The number of hydrogen-bond acceptors (Lipinski definition) is 3. The fraction of sp³-hybridized carbons (Fsp3) is 0.200. The van der Waals surface area contributed by atoms with Crippen LogP contribution >= 0.6 is 11.6 Å². The van der Waals surface area contributed by atoms with E-state index in [4.69, 9.17) is 22.4 Å². The van der Waals surface area contributed by atoms with Crippen molar-refractivity contribution in [3.05, 3.63) is 64.4 Å². The van der Waals surface area contributed by atoms with Crippen LogP contribution in [0.4, 0.5) is 13.2 Å². The maximum absolute atomic E-state index is 12.6. The topological polar surface area (TPSA) is 76.2 Å². The third kappa shape index (κ3) is 4.00. The molecular weight excluding hydrogens is 333 g/mol. The van der Waals surface area contributed by atoms with E-state index in [1.165, 1.54) is 6.07 Å². The Morgan fingerprint density at radius 2 is 1.70 bits per heavy atom. The molecule has 1 aromatic heterocycles. The Morgan fingerprint density at radius 1 is 1.13 bits per heavy atom. The number of carboxylic acids is 1. The number of halogens is 4. The summed E-state index contributed by atoms with van der Waals surface area (Å²) in [6.07, 6.45) is -3.58. The van der Waals surface area contributed by atoms with Crippen molar-refractivity contribution in [2.24, 2.45) is 5.73 Å². The average molecular weight is 345 g/mol. The molecule has 122 valence electrons. The van der Waals surface area contributed by atoms with Gasteiger partial charge in [0.1, 0.15) is 11.7 Å². The summed E-state index contributed by atoms with van der Waals surface area (Å²) in [5.41, 5.74) is 5.44. The Bertz CT molecular complexity index is 687. The van der Waals surface area contributed by atoms with E-state index in [2.05, 4.69) is 4.98 Å². The molecule has 4 nitrogen and oxygen atoms in total. The van der Waals surface area contributed by atoms with Gasteiger partial charge in [0.2, 0.25) is 0 Å². The minimum Gasteiger partial charge on any atom is -0.480 e. The van der Waals surface area contributed by atoms with Gasteiger partial charge in [-0.3, -0.25) is 9.78 Å². The van der Waals surface area contributed by atoms with Gasteiger partial charge < -0.3 is 10.8 Å². The zero-order chi connectivity index (χ0) is 17.2. The third-order valence-corrected chi connectivity index (χ3v) is 3.56. The van der Waals surface area contributed by atoms with E-state index >= 15 is 0 Å². The predicted octanol–water partition coefficient (Wildman–Crippen LogP) is 3.30. The highest BCUT2D eigenvalue weighted by molar-refractivity contribution is 6.30. The molecule has 8 heteroatoms. The second-order valence-corrected chi connectivity index (χ2v) is 5.30. The molecule has 0 aliphatic carbocycles. The van der Waals surface area contributed by atoms with Gasteiger partial charge in [-0.25, -0.2) is 0 Å². The molecule has 0 aliphatic rings. The molecule has 0 radical (unpaired) electrons. The van der Waals surface area contributed by atoms with E-state index in [0.717, 1.165) is 12.3 Å². The van der Waals surface area contributed by atoms with Gasteiger partial charge in [0.05, 0.1) is 0 Å². The molecule has 0 saturated carbocycles. The van der Waals surface area contributed by atoms with Gasteiger partial charge in [0, 0.05) is 17.1 Å². The molecule has 2 rings (SSSR count). The Labute approximate surface area is 134 Å². The number of rotatable bonds is 4. The van der Waals surface area contributed by atoms with Crippen LogP contribution in [0.15, 0.2) is 42.6 Å². The second kappa shape index (κ2) is 6.55. The summed E-state index contributed by atoms with van der Waals surface area (Å²) in [7, 11) is 0. The lowest BCUT2D eigenvalue weighted by atomic mass is 9.86. The van der Waals surface area contributed by atoms with Gasteiger partial charge >= 0.3 is 12.1 Å². The van der Waals surface area contributed by atoms with Crippen LogP contribution in [0.5, 0.6) is 0 Å². The second-order valence-electron chi connectivity index (χ2n) is 4.87. The van der Waals surface area contributed by atoms with Crippen LogP contribution in [-0.4, -0.2) is 22.1 Å². The molecule has 0 saturated heterocycles. The van der Waals surface area contributed by atoms with Gasteiger partial charge in [-0.15, -0.1) is 0 Å². The number of carboxylic acid groups (broad SMARTS) is 1. The third-order valence-electron chi connectivity index (χ3n) is 3.31. The lowest BCUT2D eigenvalue weighted by Crippen LogP contribution is -2.37. The van der Waals surface area contributed by atoms with Crippen LogP contribution < -0.4 is 5.73 Å². The molecular formula is C15H12ClF3N2O2. The number of hydrogen-bond donors (Lipinski definition) is 2. The smallest absolute Gasteiger partial charge is 0.433 e. The lowest BCUT2D eigenvalue weighted by molar-refractivity contribution is -0.141. The van der Waals surface area contributed by atoms with E-state index in [1.54, 1.807) is 24.3 Å². The zero-order valence-corrected chi connectivity index (χ0v) is 12.3. The van der Waals surface area contributed by atoms with Crippen molar-refractivity contribution in [3.63, 3.8) is 0 Å². The van der Waals surface area contributed by atoms with Crippen molar-refractivity contribution in [3.8, 4) is 0 Å². The first-order valence-electron chi connectivity index (χ1n) is 6.47. The summed E-state index contributed by atoms with van der Waals surface area (Å²) in [4.78, 5) is 14.6. The molecule has 0 bridgehead atoms. The summed E-state index contributed by atoms with van der Waals surface area (Å²) >= 11 is 5.79. The molecule has 2 atom stereocenters. The van der Waals surface area contributed by atoms with Crippen LogP contribution in [0.25, 0.3) is 0 Å². The fourth-order valence-corrected chi connectivity index (χ4v) is 2.30. The summed E-state index contributed by atoms with van der Waals surface area (Å²) in [6.45, 7) is 0. The van der Waals surface area contributed by atoms with Crippen molar-refractivity contribution in [2.75, 3.05) is 0 Å². The number of pyridine rings is 1. The van der Waals surface area contributed by atoms with E-state index in [9.17, 15) is 18.0 Å². The van der Waals surface area contributed by atoms with Crippen LogP contribution in [0.2, 0.25) is 5.02 Å². The maximum Gasteiger partial charge on any atom is 0.433 e. The molecule has 0 fully saturated rings. The van der Waals surface area contributed by atoms with Crippen molar-refractivity contribution in [1.82, 2.24) is 4.98 Å². The lowest BCUT2D eigenvalue weighted by Gasteiger charge is -2.22. The fourth-order valence-electron chi connectivity index (χ4n) is 2.18. The minimum absolute atomic E-state index is 0.273. The maximum atomic E-state index is 12.6. The standard InChI is InChI=1S/C15H12ClF3N2O2/c16-10-4-1-8(2-5-10)12(13(20)14(22)23)9-3-6-11(21-7-9)15(17,18)19/h1-7,12-13H,20H2,(H,22,23)/t12-,13-/m0/s1. The van der Waals surface area contributed by atoms with E-state index in [1.807, 2.05) is 0 Å². The normalized spacial score (nSPS) is 14.3. The number of aliphatic carboxylic acids is 1.